The Bertz CT molecular complexity index is 523. The van der Waals surface area contributed by atoms with Gasteiger partial charge in [-0.15, -0.1) is 0 Å². The largest absolute Gasteiger partial charge is 0.325 e. The van der Waals surface area contributed by atoms with Crippen LogP contribution in [0, 0.1) is 5.92 Å². The Hall–Kier alpha value is -0.470. The number of hydrogen-bond donors (Lipinski definition) is 1. The van der Waals surface area contributed by atoms with Crippen LogP contribution in [0.15, 0.2) is 18.2 Å². The summed E-state index contributed by atoms with van der Waals surface area (Å²) >= 11 is 2.09. The second-order valence-corrected chi connectivity index (χ2v) is 9.46. The zero-order valence-corrected chi connectivity index (χ0v) is 15.8. The molecule has 2 N–H and O–H groups in total. The molecule has 1 fully saturated rings. The van der Waals surface area contributed by atoms with E-state index in [9.17, 15) is 0 Å². The standard InChI is InChI=1S/C21H33NS/c1-3-23-12-4-5-16-6-7-18-14-19(9-8-17(18)13-16)20-10-11-21(2,22)15-20/h8-9,14,16,20H,3-7,10-13,15,22H2,1-2H3/t16-,20+,21-/m1/s1. The molecule has 0 aromatic heterocycles. The second kappa shape index (κ2) is 7.61. The predicted octanol–water partition coefficient (Wildman–Crippen LogP) is 5.31. The van der Waals surface area contributed by atoms with Gasteiger partial charge in [0.1, 0.15) is 0 Å². The quantitative estimate of drug-likeness (QED) is 0.715. The molecule has 23 heavy (non-hydrogen) atoms. The summed E-state index contributed by atoms with van der Waals surface area (Å²) in [6.45, 7) is 4.48. The van der Waals surface area contributed by atoms with Crippen LogP contribution < -0.4 is 5.73 Å². The van der Waals surface area contributed by atoms with Gasteiger partial charge < -0.3 is 5.73 Å². The Kier molecular flexibility index (Phi) is 5.74. The Morgan fingerprint density at radius 2 is 2.13 bits per heavy atom. The molecule has 0 saturated heterocycles. The summed E-state index contributed by atoms with van der Waals surface area (Å²) in [6.07, 6.45) is 10.4. The van der Waals surface area contributed by atoms with Gasteiger partial charge in [-0.2, -0.15) is 11.8 Å². The Morgan fingerprint density at radius 1 is 1.26 bits per heavy atom. The Morgan fingerprint density at radius 3 is 2.87 bits per heavy atom. The summed E-state index contributed by atoms with van der Waals surface area (Å²) in [7, 11) is 0. The van der Waals surface area contributed by atoms with Crippen LogP contribution in [0.1, 0.15) is 75.0 Å². The minimum absolute atomic E-state index is 0.0577. The summed E-state index contributed by atoms with van der Waals surface area (Å²) in [5, 5.41) is 0. The van der Waals surface area contributed by atoms with Crippen molar-refractivity contribution in [3.63, 3.8) is 0 Å². The molecule has 2 heteroatoms. The van der Waals surface area contributed by atoms with Crippen molar-refractivity contribution in [1.29, 1.82) is 0 Å². The number of benzene rings is 1. The molecular formula is C21H33NS. The van der Waals surface area contributed by atoms with E-state index in [-0.39, 0.29) is 5.54 Å². The van der Waals surface area contributed by atoms with Crippen LogP contribution >= 0.6 is 11.8 Å². The first kappa shape index (κ1) is 17.4. The van der Waals surface area contributed by atoms with Crippen molar-refractivity contribution < 1.29 is 0 Å². The van der Waals surface area contributed by atoms with Crippen molar-refractivity contribution in [3.05, 3.63) is 34.9 Å². The first-order valence-electron chi connectivity index (χ1n) is 9.56. The first-order chi connectivity index (χ1) is 11.1. The zero-order chi connectivity index (χ0) is 16.3. The molecule has 3 atom stereocenters. The summed E-state index contributed by atoms with van der Waals surface area (Å²) in [4.78, 5) is 0. The van der Waals surface area contributed by atoms with Gasteiger partial charge in [0.25, 0.3) is 0 Å². The van der Waals surface area contributed by atoms with Crippen molar-refractivity contribution in [3.8, 4) is 0 Å². The average molecular weight is 332 g/mol. The molecule has 0 spiro atoms. The molecule has 2 aliphatic rings. The fourth-order valence-electron chi connectivity index (χ4n) is 4.52. The Labute approximate surface area is 146 Å². The van der Waals surface area contributed by atoms with Crippen molar-refractivity contribution in [2.24, 2.45) is 11.7 Å². The van der Waals surface area contributed by atoms with Gasteiger partial charge in [0.05, 0.1) is 0 Å². The highest BCUT2D eigenvalue weighted by Crippen LogP contribution is 2.40. The molecule has 128 valence electrons. The molecule has 1 aromatic rings. The van der Waals surface area contributed by atoms with Crippen molar-refractivity contribution in [1.82, 2.24) is 0 Å². The molecule has 0 aliphatic heterocycles. The third-order valence-electron chi connectivity index (χ3n) is 5.91. The van der Waals surface area contributed by atoms with Gasteiger partial charge in [0, 0.05) is 5.54 Å². The third-order valence-corrected chi connectivity index (χ3v) is 6.90. The summed E-state index contributed by atoms with van der Waals surface area (Å²) in [5.41, 5.74) is 11.2. The number of rotatable bonds is 6. The third kappa shape index (κ3) is 4.54. The van der Waals surface area contributed by atoms with E-state index in [0.29, 0.717) is 5.92 Å². The molecule has 0 amide bonds. The van der Waals surface area contributed by atoms with Gasteiger partial charge in [0.2, 0.25) is 0 Å². The predicted molar refractivity (Wildman–Crippen MR) is 103 cm³/mol. The molecule has 0 unspecified atom stereocenters. The van der Waals surface area contributed by atoms with Gasteiger partial charge in [-0.25, -0.2) is 0 Å². The van der Waals surface area contributed by atoms with E-state index in [1.54, 1.807) is 16.7 Å². The summed E-state index contributed by atoms with van der Waals surface area (Å²) in [6, 6.07) is 7.36. The molecule has 0 radical (unpaired) electrons. The smallest absolute Gasteiger partial charge is 0.0131 e. The van der Waals surface area contributed by atoms with Crippen molar-refractivity contribution in [2.75, 3.05) is 11.5 Å². The normalized spacial score (nSPS) is 30.4. The number of aryl methyl sites for hydroxylation is 1. The number of thioether (sulfide) groups is 1. The summed E-state index contributed by atoms with van der Waals surface area (Å²) in [5.74, 6) is 4.22. The van der Waals surface area contributed by atoms with E-state index in [1.165, 1.54) is 56.5 Å². The van der Waals surface area contributed by atoms with Crippen LogP contribution in [0.4, 0.5) is 0 Å². The second-order valence-electron chi connectivity index (χ2n) is 8.07. The molecule has 0 heterocycles. The monoisotopic (exact) mass is 331 g/mol. The average Bonchev–Trinajstić information content (AvgIpc) is 2.91. The maximum absolute atomic E-state index is 6.33. The van der Waals surface area contributed by atoms with Crippen LogP contribution in [0.25, 0.3) is 0 Å². The lowest BCUT2D eigenvalue weighted by Gasteiger charge is -2.26. The maximum atomic E-state index is 6.33. The van der Waals surface area contributed by atoms with E-state index in [4.69, 9.17) is 5.73 Å². The number of hydrogen-bond acceptors (Lipinski definition) is 2. The topological polar surface area (TPSA) is 26.0 Å². The fourth-order valence-corrected chi connectivity index (χ4v) is 5.18. The SMILES string of the molecule is CCSCCC[C@@H]1CCc2cc([C@H]3CC[C@@](C)(N)C3)ccc2C1. The minimum Gasteiger partial charge on any atom is -0.325 e. The van der Waals surface area contributed by atoms with Crippen LogP contribution in [0.3, 0.4) is 0 Å². The Balaban J connectivity index is 1.58. The molecule has 1 nitrogen and oxygen atoms in total. The van der Waals surface area contributed by atoms with Crippen LogP contribution in [0.2, 0.25) is 0 Å². The minimum atomic E-state index is 0.0577. The van der Waals surface area contributed by atoms with E-state index in [2.05, 4.69) is 43.8 Å². The van der Waals surface area contributed by atoms with E-state index in [0.717, 1.165) is 12.3 Å². The molecule has 2 aliphatic carbocycles. The van der Waals surface area contributed by atoms with Gasteiger partial charge in [-0.3, -0.25) is 0 Å². The van der Waals surface area contributed by atoms with Gasteiger partial charge in [-0.1, -0.05) is 25.1 Å². The van der Waals surface area contributed by atoms with E-state index < -0.39 is 0 Å². The lowest BCUT2D eigenvalue weighted by atomic mass is 9.80. The van der Waals surface area contributed by atoms with Crippen molar-refractivity contribution in [2.45, 2.75) is 76.7 Å². The maximum Gasteiger partial charge on any atom is 0.0131 e. The van der Waals surface area contributed by atoms with Crippen molar-refractivity contribution >= 4 is 11.8 Å². The zero-order valence-electron chi connectivity index (χ0n) is 14.9. The lowest BCUT2D eigenvalue weighted by Crippen LogP contribution is -2.32. The lowest BCUT2D eigenvalue weighted by molar-refractivity contribution is 0.423. The van der Waals surface area contributed by atoms with Gasteiger partial charge in [-0.05, 0) is 98.3 Å². The fraction of sp³-hybridized carbons (Fsp3) is 0.714. The highest BCUT2D eigenvalue weighted by atomic mass is 32.2. The molecule has 3 rings (SSSR count). The number of fused-ring (bicyclic) bond motifs is 1. The summed E-state index contributed by atoms with van der Waals surface area (Å²) < 4.78 is 0. The van der Waals surface area contributed by atoms with E-state index >= 15 is 0 Å². The van der Waals surface area contributed by atoms with Crippen LogP contribution in [-0.2, 0) is 12.8 Å². The van der Waals surface area contributed by atoms with Gasteiger partial charge in [0.15, 0.2) is 0 Å². The first-order valence-corrected chi connectivity index (χ1v) is 10.7. The molecule has 0 bridgehead atoms. The molecular weight excluding hydrogens is 298 g/mol. The van der Waals surface area contributed by atoms with E-state index in [1.807, 2.05) is 0 Å². The highest BCUT2D eigenvalue weighted by Gasteiger charge is 2.32. The molecule has 1 aromatic carbocycles. The van der Waals surface area contributed by atoms with Gasteiger partial charge >= 0.3 is 0 Å². The number of nitrogens with two attached hydrogens (primary N) is 1. The van der Waals surface area contributed by atoms with Crippen LogP contribution in [-0.4, -0.2) is 17.0 Å². The van der Waals surface area contributed by atoms with Crippen LogP contribution in [0.5, 0.6) is 0 Å². The highest BCUT2D eigenvalue weighted by molar-refractivity contribution is 7.99. The molecule has 1 saturated carbocycles.